The Hall–Kier alpha value is -0.810. The van der Waals surface area contributed by atoms with Crippen LogP contribution in [0.4, 0.5) is 0 Å². The van der Waals surface area contributed by atoms with Crippen molar-refractivity contribution in [1.82, 2.24) is 15.5 Å². The van der Waals surface area contributed by atoms with Gasteiger partial charge < -0.3 is 15.5 Å². The summed E-state index contributed by atoms with van der Waals surface area (Å²) < 4.78 is 0. The minimum atomic E-state index is 0. The van der Waals surface area contributed by atoms with Gasteiger partial charge in [0.15, 0.2) is 0 Å². The zero-order valence-corrected chi connectivity index (χ0v) is 15.7. The fraction of sp³-hybridized carbons (Fsp3) is 0.611. The molecule has 2 heterocycles. The quantitative estimate of drug-likeness (QED) is 0.831. The smallest absolute Gasteiger partial charge is 0.224 e. The van der Waals surface area contributed by atoms with Gasteiger partial charge in [-0.05, 0) is 37.8 Å². The van der Waals surface area contributed by atoms with Gasteiger partial charge >= 0.3 is 0 Å². The Morgan fingerprint density at radius 3 is 2.46 bits per heavy atom. The number of piperidine rings is 1. The lowest BCUT2D eigenvalue weighted by Gasteiger charge is -2.32. The predicted molar refractivity (Wildman–Crippen MR) is 103 cm³/mol. The van der Waals surface area contributed by atoms with Crippen LogP contribution in [0.1, 0.15) is 24.8 Å². The number of likely N-dealkylation sites (tertiary alicyclic amines) is 1. The van der Waals surface area contributed by atoms with Gasteiger partial charge in [-0.25, -0.2) is 0 Å². The number of nitrogens with one attached hydrogen (secondary N) is 2. The molecule has 0 bridgehead atoms. The van der Waals surface area contributed by atoms with Crippen LogP contribution in [0.25, 0.3) is 0 Å². The first-order valence-electron chi connectivity index (χ1n) is 8.58. The lowest BCUT2D eigenvalue weighted by Crippen LogP contribution is -2.46. The van der Waals surface area contributed by atoms with Crippen LogP contribution in [-0.4, -0.2) is 49.6 Å². The van der Waals surface area contributed by atoms with Crippen molar-refractivity contribution in [3.8, 4) is 0 Å². The highest BCUT2D eigenvalue weighted by Gasteiger charge is 2.26. The molecule has 4 nitrogen and oxygen atoms in total. The molecule has 1 amide bonds. The molecule has 1 aromatic rings. The molecule has 0 radical (unpaired) electrons. The molecule has 1 aromatic carbocycles. The van der Waals surface area contributed by atoms with Gasteiger partial charge in [-0.3, -0.25) is 4.79 Å². The summed E-state index contributed by atoms with van der Waals surface area (Å²) in [6, 6.07) is 11.0. The van der Waals surface area contributed by atoms with Crippen LogP contribution >= 0.6 is 24.8 Å². The highest BCUT2D eigenvalue weighted by molar-refractivity contribution is 5.85. The Labute approximate surface area is 157 Å². The van der Waals surface area contributed by atoms with E-state index in [0.29, 0.717) is 6.04 Å². The van der Waals surface area contributed by atoms with Crippen molar-refractivity contribution < 1.29 is 4.79 Å². The summed E-state index contributed by atoms with van der Waals surface area (Å²) in [7, 11) is 0. The van der Waals surface area contributed by atoms with Crippen LogP contribution in [0.15, 0.2) is 30.3 Å². The fourth-order valence-corrected chi connectivity index (χ4v) is 3.43. The SMILES string of the molecule is Cl.Cl.O=C(NC1CCN(CCc2ccccc2)CC1)C1CCNC1. The number of rotatable bonds is 5. The van der Waals surface area contributed by atoms with Gasteiger partial charge in [-0.2, -0.15) is 0 Å². The van der Waals surface area contributed by atoms with Crippen LogP contribution in [-0.2, 0) is 11.2 Å². The molecule has 2 fully saturated rings. The second-order valence-corrected chi connectivity index (χ2v) is 6.55. The number of hydrogen-bond acceptors (Lipinski definition) is 3. The Kier molecular flexibility index (Phi) is 9.67. The molecule has 1 atom stereocenters. The summed E-state index contributed by atoms with van der Waals surface area (Å²) in [5.74, 6) is 0.448. The predicted octanol–water partition coefficient (Wildman–Crippen LogP) is 2.26. The summed E-state index contributed by atoms with van der Waals surface area (Å²) in [4.78, 5) is 14.7. The molecule has 2 aliphatic heterocycles. The molecule has 0 aromatic heterocycles. The van der Waals surface area contributed by atoms with Crippen molar-refractivity contribution in [2.75, 3.05) is 32.7 Å². The van der Waals surface area contributed by atoms with E-state index in [2.05, 4.69) is 45.9 Å². The van der Waals surface area contributed by atoms with Crippen molar-refractivity contribution in [1.29, 1.82) is 0 Å². The molecule has 6 heteroatoms. The van der Waals surface area contributed by atoms with E-state index >= 15 is 0 Å². The molecule has 3 rings (SSSR count). The molecule has 0 aliphatic carbocycles. The minimum absolute atomic E-state index is 0. The van der Waals surface area contributed by atoms with Crippen molar-refractivity contribution in [2.24, 2.45) is 5.92 Å². The molecule has 2 aliphatic rings. The molecular formula is C18H29Cl2N3O. The largest absolute Gasteiger partial charge is 0.353 e. The Morgan fingerprint density at radius 2 is 1.83 bits per heavy atom. The Balaban J connectivity index is 0.00000144. The summed E-state index contributed by atoms with van der Waals surface area (Å²) in [5.41, 5.74) is 1.41. The molecule has 24 heavy (non-hydrogen) atoms. The zero-order chi connectivity index (χ0) is 15.2. The van der Waals surface area contributed by atoms with E-state index in [0.717, 1.165) is 58.4 Å². The van der Waals surface area contributed by atoms with Gasteiger partial charge in [0.2, 0.25) is 5.91 Å². The lowest BCUT2D eigenvalue weighted by atomic mass is 10.0. The number of amides is 1. The molecule has 0 saturated carbocycles. The third-order valence-corrected chi connectivity index (χ3v) is 4.92. The van der Waals surface area contributed by atoms with E-state index in [9.17, 15) is 4.79 Å². The van der Waals surface area contributed by atoms with Crippen molar-refractivity contribution >= 4 is 30.7 Å². The standard InChI is InChI=1S/C18H27N3O.2ClH/c22-18(16-6-10-19-14-16)20-17-8-12-21(13-9-17)11-7-15-4-2-1-3-5-15;;/h1-5,16-17,19H,6-14H2,(H,20,22);2*1H. The topological polar surface area (TPSA) is 44.4 Å². The third kappa shape index (κ3) is 6.25. The maximum Gasteiger partial charge on any atom is 0.224 e. The van der Waals surface area contributed by atoms with Crippen LogP contribution in [0.3, 0.4) is 0 Å². The van der Waals surface area contributed by atoms with E-state index < -0.39 is 0 Å². The second-order valence-electron chi connectivity index (χ2n) is 6.55. The zero-order valence-electron chi connectivity index (χ0n) is 14.1. The van der Waals surface area contributed by atoms with Crippen LogP contribution in [0.5, 0.6) is 0 Å². The first kappa shape index (κ1) is 21.2. The van der Waals surface area contributed by atoms with Gasteiger partial charge in [0, 0.05) is 32.2 Å². The van der Waals surface area contributed by atoms with Crippen molar-refractivity contribution in [2.45, 2.75) is 31.7 Å². The number of carbonyl (C=O) groups is 1. The normalized spacial score (nSPS) is 21.6. The number of carbonyl (C=O) groups excluding carboxylic acids is 1. The van der Waals surface area contributed by atoms with E-state index in [1.165, 1.54) is 5.56 Å². The summed E-state index contributed by atoms with van der Waals surface area (Å²) >= 11 is 0. The average Bonchev–Trinajstić information content (AvgIpc) is 3.10. The van der Waals surface area contributed by atoms with E-state index in [1.54, 1.807) is 0 Å². The maximum absolute atomic E-state index is 12.1. The Bertz CT molecular complexity index is 472. The molecular weight excluding hydrogens is 345 g/mol. The minimum Gasteiger partial charge on any atom is -0.353 e. The molecule has 2 saturated heterocycles. The van der Waals surface area contributed by atoms with Crippen LogP contribution < -0.4 is 10.6 Å². The van der Waals surface area contributed by atoms with Crippen molar-refractivity contribution in [3.63, 3.8) is 0 Å². The second kappa shape index (κ2) is 10.9. The maximum atomic E-state index is 12.1. The van der Waals surface area contributed by atoms with Gasteiger partial charge in [-0.15, -0.1) is 24.8 Å². The lowest BCUT2D eigenvalue weighted by molar-refractivity contribution is -0.125. The molecule has 2 N–H and O–H groups in total. The fourth-order valence-electron chi connectivity index (χ4n) is 3.43. The first-order valence-corrected chi connectivity index (χ1v) is 8.58. The highest BCUT2D eigenvalue weighted by atomic mass is 35.5. The molecule has 1 unspecified atom stereocenters. The van der Waals surface area contributed by atoms with E-state index in [1.807, 2.05) is 0 Å². The number of hydrogen-bond donors (Lipinski definition) is 2. The summed E-state index contributed by atoms with van der Waals surface area (Å²) in [5, 5.41) is 6.51. The van der Waals surface area contributed by atoms with Gasteiger partial charge in [0.05, 0.1) is 5.92 Å². The Morgan fingerprint density at radius 1 is 1.12 bits per heavy atom. The van der Waals surface area contributed by atoms with Crippen molar-refractivity contribution in [3.05, 3.63) is 35.9 Å². The number of halogens is 2. The number of nitrogens with zero attached hydrogens (tertiary/aromatic N) is 1. The van der Waals surface area contributed by atoms with Gasteiger partial charge in [-0.1, -0.05) is 30.3 Å². The first-order chi connectivity index (χ1) is 10.8. The van der Waals surface area contributed by atoms with E-state index in [-0.39, 0.29) is 36.6 Å². The van der Waals surface area contributed by atoms with Gasteiger partial charge in [0.1, 0.15) is 0 Å². The highest BCUT2D eigenvalue weighted by Crippen LogP contribution is 2.14. The summed E-state index contributed by atoms with van der Waals surface area (Å²) in [6.45, 7) is 5.15. The monoisotopic (exact) mass is 373 g/mol. The average molecular weight is 374 g/mol. The number of benzene rings is 1. The van der Waals surface area contributed by atoms with Crippen LogP contribution in [0.2, 0.25) is 0 Å². The molecule has 136 valence electrons. The molecule has 0 spiro atoms. The summed E-state index contributed by atoms with van der Waals surface area (Å²) in [6.07, 6.45) is 4.27. The van der Waals surface area contributed by atoms with Crippen LogP contribution in [0, 0.1) is 5.92 Å². The van der Waals surface area contributed by atoms with E-state index in [4.69, 9.17) is 0 Å². The third-order valence-electron chi connectivity index (χ3n) is 4.92. The van der Waals surface area contributed by atoms with Gasteiger partial charge in [0.25, 0.3) is 0 Å².